The van der Waals surface area contributed by atoms with Gasteiger partial charge in [0.25, 0.3) is 0 Å². The molecular formula is C20H33NO3. The van der Waals surface area contributed by atoms with Gasteiger partial charge in [0, 0.05) is 6.04 Å². The van der Waals surface area contributed by atoms with Crippen LogP contribution in [0.2, 0.25) is 0 Å². The van der Waals surface area contributed by atoms with E-state index in [4.69, 9.17) is 14.2 Å². The monoisotopic (exact) mass is 335 g/mol. The second kappa shape index (κ2) is 10.6. The maximum Gasteiger partial charge on any atom is 0.160 e. The van der Waals surface area contributed by atoms with E-state index in [0.29, 0.717) is 12.1 Å². The molecule has 0 aromatic heterocycles. The summed E-state index contributed by atoms with van der Waals surface area (Å²) in [5.74, 6) is 1.56. The summed E-state index contributed by atoms with van der Waals surface area (Å²) in [6, 6.07) is 6.61. The maximum atomic E-state index is 6.23. The summed E-state index contributed by atoms with van der Waals surface area (Å²) >= 11 is 0. The van der Waals surface area contributed by atoms with Crippen LogP contribution in [0.4, 0.5) is 0 Å². The fourth-order valence-corrected chi connectivity index (χ4v) is 3.36. The third kappa shape index (κ3) is 5.67. The van der Waals surface area contributed by atoms with Crippen molar-refractivity contribution in [2.24, 2.45) is 0 Å². The number of hydrogen-bond donors (Lipinski definition) is 1. The molecule has 2 atom stereocenters. The highest BCUT2D eigenvalue weighted by Gasteiger charge is 2.24. The minimum atomic E-state index is 0.357. The zero-order valence-corrected chi connectivity index (χ0v) is 15.5. The third-order valence-electron chi connectivity index (χ3n) is 4.81. The number of unbranched alkanes of at least 4 members (excludes halogenated alkanes) is 1. The van der Waals surface area contributed by atoms with Gasteiger partial charge in [0.05, 0.1) is 26.9 Å². The Bertz CT molecular complexity index is 478. The van der Waals surface area contributed by atoms with Crippen LogP contribution >= 0.6 is 0 Å². The van der Waals surface area contributed by atoms with Gasteiger partial charge in [-0.3, -0.25) is 0 Å². The van der Waals surface area contributed by atoms with Crippen LogP contribution in [0.3, 0.4) is 0 Å². The Morgan fingerprint density at radius 3 is 2.62 bits per heavy atom. The van der Waals surface area contributed by atoms with Crippen molar-refractivity contribution in [3.63, 3.8) is 0 Å². The van der Waals surface area contributed by atoms with E-state index < -0.39 is 0 Å². The highest BCUT2D eigenvalue weighted by molar-refractivity contribution is 5.42. The predicted molar refractivity (Wildman–Crippen MR) is 98.2 cm³/mol. The van der Waals surface area contributed by atoms with Crippen molar-refractivity contribution in [1.82, 2.24) is 5.32 Å². The van der Waals surface area contributed by atoms with Gasteiger partial charge in [0.15, 0.2) is 11.5 Å². The van der Waals surface area contributed by atoms with Gasteiger partial charge in [0.2, 0.25) is 0 Å². The molecule has 1 aliphatic carbocycles. The fraction of sp³-hybridized carbons (Fsp3) is 0.700. The Morgan fingerprint density at radius 1 is 1.08 bits per heavy atom. The Hall–Kier alpha value is -1.26. The lowest BCUT2D eigenvalue weighted by Gasteiger charge is -2.32. The summed E-state index contributed by atoms with van der Waals surface area (Å²) in [7, 11) is 3.34. The van der Waals surface area contributed by atoms with Crippen molar-refractivity contribution in [3.05, 3.63) is 23.8 Å². The normalized spacial score (nSPS) is 20.8. The van der Waals surface area contributed by atoms with Crippen LogP contribution in [0.5, 0.6) is 11.5 Å². The lowest BCUT2D eigenvalue weighted by Crippen LogP contribution is -2.44. The smallest absolute Gasteiger partial charge is 0.160 e. The van der Waals surface area contributed by atoms with Crippen molar-refractivity contribution in [1.29, 1.82) is 0 Å². The Morgan fingerprint density at radius 2 is 1.88 bits per heavy atom. The van der Waals surface area contributed by atoms with Crippen LogP contribution in [0.25, 0.3) is 0 Å². The van der Waals surface area contributed by atoms with E-state index in [9.17, 15) is 0 Å². The summed E-state index contributed by atoms with van der Waals surface area (Å²) in [5.41, 5.74) is 1.22. The molecule has 0 aliphatic heterocycles. The zero-order chi connectivity index (χ0) is 17.2. The lowest BCUT2D eigenvalue weighted by molar-refractivity contribution is 0.00676. The van der Waals surface area contributed by atoms with Gasteiger partial charge in [-0.1, -0.05) is 32.3 Å². The van der Waals surface area contributed by atoms with Gasteiger partial charge in [-0.25, -0.2) is 0 Å². The van der Waals surface area contributed by atoms with Crippen LogP contribution in [0, 0.1) is 0 Å². The third-order valence-corrected chi connectivity index (χ3v) is 4.81. The molecule has 2 unspecified atom stereocenters. The van der Waals surface area contributed by atoms with Crippen LogP contribution in [0.15, 0.2) is 18.2 Å². The number of nitrogens with one attached hydrogen (secondary N) is 1. The van der Waals surface area contributed by atoms with Gasteiger partial charge in [-0.2, -0.15) is 0 Å². The number of hydrogen-bond acceptors (Lipinski definition) is 4. The highest BCUT2D eigenvalue weighted by atomic mass is 16.5. The molecule has 1 aliphatic rings. The molecule has 1 saturated carbocycles. The average molecular weight is 335 g/mol. The van der Waals surface area contributed by atoms with E-state index in [1.54, 1.807) is 14.2 Å². The van der Waals surface area contributed by atoms with Crippen LogP contribution in [-0.2, 0) is 11.2 Å². The van der Waals surface area contributed by atoms with E-state index in [1.807, 2.05) is 12.1 Å². The van der Waals surface area contributed by atoms with Crippen molar-refractivity contribution >= 4 is 0 Å². The van der Waals surface area contributed by atoms with Crippen LogP contribution < -0.4 is 14.8 Å². The minimum Gasteiger partial charge on any atom is -0.493 e. The number of benzene rings is 1. The molecule has 1 fully saturated rings. The first-order chi connectivity index (χ1) is 11.8. The molecule has 4 nitrogen and oxygen atoms in total. The molecule has 24 heavy (non-hydrogen) atoms. The molecule has 0 bridgehead atoms. The van der Waals surface area contributed by atoms with E-state index in [0.717, 1.165) is 31.1 Å². The lowest BCUT2D eigenvalue weighted by atomic mass is 9.92. The minimum absolute atomic E-state index is 0.357. The topological polar surface area (TPSA) is 39.7 Å². The summed E-state index contributed by atoms with van der Waals surface area (Å²) < 4.78 is 16.9. The van der Waals surface area contributed by atoms with Crippen LogP contribution in [0.1, 0.15) is 51.0 Å². The van der Waals surface area contributed by atoms with E-state index in [2.05, 4.69) is 18.3 Å². The summed E-state index contributed by atoms with van der Waals surface area (Å²) in [6.45, 7) is 4.10. The molecule has 1 N–H and O–H groups in total. The molecule has 1 aromatic carbocycles. The molecule has 0 spiro atoms. The number of ether oxygens (including phenoxy) is 3. The Kier molecular flexibility index (Phi) is 8.40. The molecule has 1 aromatic rings. The molecule has 0 heterocycles. The predicted octanol–water partition coefficient (Wildman–Crippen LogP) is 3.96. The highest BCUT2D eigenvalue weighted by Crippen LogP contribution is 2.28. The second-order valence-electron chi connectivity index (χ2n) is 6.55. The SMILES string of the molecule is CCCCNC1CCCCC1OCCc1ccc(OC)c(OC)c1. The van der Waals surface area contributed by atoms with Crippen molar-refractivity contribution in [2.45, 2.75) is 64.0 Å². The molecule has 2 rings (SSSR count). The Labute approximate surface area is 146 Å². The zero-order valence-electron chi connectivity index (χ0n) is 15.5. The fourth-order valence-electron chi connectivity index (χ4n) is 3.36. The maximum absolute atomic E-state index is 6.23. The number of rotatable bonds is 10. The molecule has 4 heteroatoms. The second-order valence-corrected chi connectivity index (χ2v) is 6.55. The molecule has 0 saturated heterocycles. The molecule has 0 amide bonds. The van der Waals surface area contributed by atoms with Crippen molar-refractivity contribution < 1.29 is 14.2 Å². The average Bonchev–Trinajstić information content (AvgIpc) is 2.63. The largest absolute Gasteiger partial charge is 0.493 e. The number of methoxy groups -OCH3 is 2. The van der Waals surface area contributed by atoms with E-state index in [1.165, 1.54) is 44.1 Å². The van der Waals surface area contributed by atoms with Crippen molar-refractivity contribution in [3.8, 4) is 11.5 Å². The van der Waals surface area contributed by atoms with Gasteiger partial charge >= 0.3 is 0 Å². The van der Waals surface area contributed by atoms with Gasteiger partial charge in [0.1, 0.15) is 0 Å². The molecule has 0 radical (unpaired) electrons. The standard InChI is InChI=1S/C20H33NO3/c1-4-5-13-21-17-8-6-7-9-18(17)24-14-12-16-10-11-19(22-2)20(15-16)23-3/h10-11,15,17-18,21H,4-9,12-14H2,1-3H3. The van der Waals surface area contributed by atoms with Crippen LogP contribution in [-0.4, -0.2) is 39.5 Å². The Balaban J connectivity index is 1.81. The molecule has 136 valence electrons. The van der Waals surface area contributed by atoms with Gasteiger partial charge in [-0.15, -0.1) is 0 Å². The quantitative estimate of drug-likeness (QED) is 0.657. The van der Waals surface area contributed by atoms with Gasteiger partial charge in [-0.05, 0) is 49.9 Å². The first-order valence-corrected chi connectivity index (χ1v) is 9.34. The summed E-state index contributed by atoms with van der Waals surface area (Å²) in [4.78, 5) is 0. The van der Waals surface area contributed by atoms with E-state index in [-0.39, 0.29) is 0 Å². The van der Waals surface area contributed by atoms with Gasteiger partial charge < -0.3 is 19.5 Å². The summed E-state index contributed by atoms with van der Waals surface area (Å²) in [5, 5.41) is 3.69. The first kappa shape index (κ1) is 19.1. The van der Waals surface area contributed by atoms with E-state index >= 15 is 0 Å². The summed E-state index contributed by atoms with van der Waals surface area (Å²) in [6.07, 6.45) is 8.76. The molecular weight excluding hydrogens is 302 g/mol. The van der Waals surface area contributed by atoms with Crippen molar-refractivity contribution in [2.75, 3.05) is 27.4 Å². The first-order valence-electron chi connectivity index (χ1n) is 9.34.